The van der Waals surface area contributed by atoms with E-state index in [1.807, 2.05) is 12.1 Å². The summed E-state index contributed by atoms with van der Waals surface area (Å²) in [6.45, 7) is 9.31. The Morgan fingerprint density at radius 2 is 1.89 bits per heavy atom. The molecule has 0 bridgehead atoms. The molecule has 3 rings (SSSR count). The lowest BCUT2D eigenvalue weighted by atomic mass is 10.1. The molecule has 1 saturated heterocycles. The number of rotatable bonds is 8. The highest BCUT2D eigenvalue weighted by atomic mass is 16.5. The molecule has 0 saturated carbocycles. The average Bonchev–Trinajstić information content (AvgIpc) is 3.08. The van der Waals surface area contributed by atoms with Crippen molar-refractivity contribution in [1.82, 2.24) is 24.9 Å². The third kappa shape index (κ3) is 5.08. The van der Waals surface area contributed by atoms with Gasteiger partial charge in [-0.1, -0.05) is 19.9 Å². The van der Waals surface area contributed by atoms with Crippen LogP contribution in [0.15, 0.2) is 24.4 Å². The first-order valence-corrected chi connectivity index (χ1v) is 9.90. The van der Waals surface area contributed by atoms with Crippen molar-refractivity contribution in [2.24, 2.45) is 5.92 Å². The molecule has 0 unspecified atom stereocenters. The third-order valence-electron chi connectivity index (χ3n) is 4.79. The number of nitrogens with one attached hydrogen (secondary N) is 2. The van der Waals surface area contributed by atoms with Crippen LogP contribution in [-0.4, -0.2) is 72.0 Å². The van der Waals surface area contributed by atoms with Crippen molar-refractivity contribution >= 4 is 17.3 Å². The Balaban J connectivity index is 1.66. The Kier molecular flexibility index (Phi) is 7.00. The van der Waals surface area contributed by atoms with E-state index in [2.05, 4.69) is 34.4 Å². The zero-order chi connectivity index (χ0) is 19.9. The summed E-state index contributed by atoms with van der Waals surface area (Å²) in [7, 11) is 0. The van der Waals surface area contributed by atoms with E-state index < -0.39 is 0 Å². The number of ether oxygens (including phenoxy) is 1. The molecular formula is C20H29N5O3. The molecule has 0 aliphatic carbocycles. The number of carbonyl (C=O) groups excluding carboxylic acids is 2. The van der Waals surface area contributed by atoms with Gasteiger partial charge in [-0.25, -0.2) is 4.98 Å². The summed E-state index contributed by atoms with van der Waals surface area (Å²) in [5.41, 5.74) is 0.908. The fraction of sp³-hybridized carbons (Fsp3) is 0.550. The molecule has 2 aromatic heterocycles. The maximum atomic E-state index is 12.7. The SMILES string of the molecule is CC(C)CCNC(=O)c1nc(C(=O)NCCN2CCOCC2)n2ccccc12. The molecule has 1 aliphatic heterocycles. The lowest BCUT2D eigenvalue weighted by Crippen LogP contribution is -2.41. The summed E-state index contributed by atoms with van der Waals surface area (Å²) >= 11 is 0. The van der Waals surface area contributed by atoms with Crippen molar-refractivity contribution in [3.8, 4) is 0 Å². The van der Waals surface area contributed by atoms with Crippen LogP contribution in [0.25, 0.3) is 5.52 Å². The molecule has 2 N–H and O–H groups in total. The first kappa shape index (κ1) is 20.3. The summed E-state index contributed by atoms with van der Waals surface area (Å²) in [5.74, 6) is 0.200. The highest BCUT2D eigenvalue weighted by Gasteiger charge is 2.21. The Morgan fingerprint density at radius 1 is 1.14 bits per heavy atom. The molecule has 0 atom stereocenters. The second-order valence-electron chi connectivity index (χ2n) is 7.39. The highest BCUT2D eigenvalue weighted by Crippen LogP contribution is 2.13. The van der Waals surface area contributed by atoms with Crippen molar-refractivity contribution in [2.45, 2.75) is 20.3 Å². The molecular weight excluding hydrogens is 358 g/mol. The molecule has 28 heavy (non-hydrogen) atoms. The first-order chi connectivity index (χ1) is 13.6. The van der Waals surface area contributed by atoms with Crippen LogP contribution in [0.2, 0.25) is 0 Å². The number of imidazole rings is 1. The van der Waals surface area contributed by atoms with E-state index in [1.165, 1.54) is 0 Å². The number of aromatic nitrogens is 2. The van der Waals surface area contributed by atoms with Crippen LogP contribution in [0, 0.1) is 5.92 Å². The van der Waals surface area contributed by atoms with Crippen LogP contribution in [0.1, 0.15) is 41.4 Å². The number of morpholine rings is 1. The average molecular weight is 387 g/mol. The summed E-state index contributed by atoms with van der Waals surface area (Å²) in [6, 6.07) is 5.45. The number of hydrogen-bond acceptors (Lipinski definition) is 5. The molecule has 1 fully saturated rings. The van der Waals surface area contributed by atoms with Crippen LogP contribution in [0.4, 0.5) is 0 Å². The van der Waals surface area contributed by atoms with Crippen LogP contribution >= 0.6 is 0 Å². The predicted molar refractivity (Wildman–Crippen MR) is 107 cm³/mol. The van der Waals surface area contributed by atoms with Crippen LogP contribution in [0.5, 0.6) is 0 Å². The van der Waals surface area contributed by atoms with Gasteiger partial charge in [-0.05, 0) is 24.5 Å². The molecule has 0 radical (unpaired) electrons. The standard InChI is InChI=1S/C20H29N5O3/c1-15(2)6-7-21-19(26)17-16-5-3-4-9-25(16)18(23-17)20(27)22-8-10-24-11-13-28-14-12-24/h3-5,9,15H,6-8,10-14H2,1-2H3,(H,21,26)(H,22,27). The third-order valence-corrected chi connectivity index (χ3v) is 4.79. The minimum Gasteiger partial charge on any atom is -0.379 e. The number of fused-ring (bicyclic) bond motifs is 1. The zero-order valence-electron chi connectivity index (χ0n) is 16.6. The Labute approximate surface area is 165 Å². The molecule has 2 amide bonds. The van der Waals surface area contributed by atoms with E-state index in [4.69, 9.17) is 4.74 Å². The molecule has 8 heteroatoms. The summed E-state index contributed by atoms with van der Waals surface area (Å²) in [5, 5.41) is 5.81. The van der Waals surface area contributed by atoms with Gasteiger partial charge in [0.1, 0.15) is 0 Å². The minimum absolute atomic E-state index is 0.228. The van der Waals surface area contributed by atoms with Crippen molar-refractivity contribution in [3.63, 3.8) is 0 Å². The van der Waals surface area contributed by atoms with Gasteiger partial charge >= 0.3 is 0 Å². The van der Waals surface area contributed by atoms with E-state index >= 15 is 0 Å². The van der Waals surface area contributed by atoms with Gasteiger partial charge < -0.3 is 15.4 Å². The van der Waals surface area contributed by atoms with Crippen LogP contribution in [-0.2, 0) is 4.74 Å². The van der Waals surface area contributed by atoms with Crippen LogP contribution < -0.4 is 10.6 Å². The summed E-state index contributed by atoms with van der Waals surface area (Å²) in [4.78, 5) is 31.8. The molecule has 1 aliphatic rings. The van der Waals surface area contributed by atoms with E-state index in [0.717, 1.165) is 39.3 Å². The first-order valence-electron chi connectivity index (χ1n) is 9.90. The lowest BCUT2D eigenvalue weighted by molar-refractivity contribution is 0.0383. The van der Waals surface area contributed by atoms with Crippen molar-refractivity contribution in [2.75, 3.05) is 45.9 Å². The van der Waals surface area contributed by atoms with Gasteiger partial charge in [-0.2, -0.15) is 0 Å². The van der Waals surface area contributed by atoms with Gasteiger partial charge in [0.2, 0.25) is 5.82 Å². The summed E-state index contributed by atoms with van der Waals surface area (Å²) in [6.07, 6.45) is 2.65. The van der Waals surface area contributed by atoms with Crippen molar-refractivity contribution in [1.29, 1.82) is 0 Å². The van der Waals surface area contributed by atoms with Gasteiger partial charge in [0, 0.05) is 38.9 Å². The largest absolute Gasteiger partial charge is 0.379 e. The highest BCUT2D eigenvalue weighted by molar-refractivity contribution is 6.02. The van der Waals surface area contributed by atoms with Crippen LogP contribution in [0.3, 0.4) is 0 Å². The van der Waals surface area contributed by atoms with E-state index in [9.17, 15) is 9.59 Å². The number of hydrogen-bond donors (Lipinski definition) is 2. The monoisotopic (exact) mass is 387 g/mol. The fourth-order valence-corrected chi connectivity index (χ4v) is 3.15. The molecule has 2 aromatic rings. The molecule has 3 heterocycles. The second kappa shape index (κ2) is 9.66. The number of carbonyl (C=O) groups is 2. The molecule has 0 aromatic carbocycles. The van der Waals surface area contributed by atoms with E-state index in [0.29, 0.717) is 24.5 Å². The minimum atomic E-state index is -0.282. The summed E-state index contributed by atoms with van der Waals surface area (Å²) < 4.78 is 7.00. The molecule has 0 spiro atoms. The number of amides is 2. The maximum Gasteiger partial charge on any atom is 0.287 e. The second-order valence-corrected chi connectivity index (χ2v) is 7.39. The smallest absolute Gasteiger partial charge is 0.287 e. The molecule has 152 valence electrons. The van der Waals surface area contributed by atoms with Gasteiger partial charge in [-0.15, -0.1) is 0 Å². The molecule has 8 nitrogen and oxygen atoms in total. The van der Waals surface area contributed by atoms with Gasteiger partial charge in [0.25, 0.3) is 11.8 Å². The normalized spacial score (nSPS) is 15.1. The predicted octanol–water partition coefficient (Wildman–Crippen LogP) is 1.17. The Morgan fingerprint density at radius 3 is 2.64 bits per heavy atom. The fourth-order valence-electron chi connectivity index (χ4n) is 3.15. The van der Waals surface area contributed by atoms with Gasteiger partial charge in [0.05, 0.1) is 18.7 Å². The van der Waals surface area contributed by atoms with E-state index in [1.54, 1.807) is 16.7 Å². The lowest BCUT2D eigenvalue weighted by Gasteiger charge is -2.26. The van der Waals surface area contributed by atoms with Crippen molar-refractivity contribution in [3.05, 3.63) is 35.9 Å². The Bertz CT molecular complexity index is 811. The van der Waals surface area contributed by atoms with Gasteiger partial charge in [0.15, 0.2) is 5.69 Å². The quantitative estimate of drug-likeness (QED) is 0.710. The zero-order valence-corrected chi connectivity index (χ0v) is 16.6. The van der Waals surface area contributed by atoms with E-state index in [-0.39, 0.29) is 23.3 Å². The van der Waals surface area contributed by atoms with Gasteiger partial charge in [-0.3, -0.25) is 18.9 Å². The topological polar surface area (TPSA) is 88.0 Å². The number of nitrogens with zero attached hydrogens (tertiary/aromatic N) is 3. The van der Waals surface area contributed by atoms with Crippen molar-refractivity contribution < 1.29 is 14.3 Å². The maximum absolute atomic E-state index is 12.7. The Hall–Kier alpha value is -2.45. The number of pyridine rings is 1.